The quantitative estimate of drug-likeness (QED) is 0.826. The average Bonchev–Trinajstić information content (AvgIpc) is 2.58. The Morgan fingerprint density at radius 2 is 2.00 bits per heavy atom. The molecule has 1 amide bonds. The first-order valence-corrected chi connectivity index (χ1v) is 7.85. The number of carbonyl (C=O) groups excluding carboxylic acids is 1. The van der Waals surface area contributed by atoms with Gasteiger partial charge in [-0.25, -0.2) is 0 Å². The minimum Gasteiger partial charge on any atom is -0.489 e. The summed E-state index contributed by atoms with van der Waals surface area (Å²) < 4.78 is 5.78. The molecule has 1 unspecified atom stereocenters. The van der Waals surface area contributed by atoms with E-state index in [4.69, 9.17) is 10.5 Å². The highest BCUT2D eigenvalue weighted by Crippen LogP contribution is 2.16. The van der Waals surface area contributed by atoms with E-state index >= 15 is 0 Å². The lowest BCUT2D eigenvalue weighted by molar-refractivity contribution is 0.0948. The summed E-state index contributed by atoms with van der Waals surface area (Å²) in [6, 6.07) is 15.4. The van der Waals surface area contributed by atoms with Crippen LogP contribution in [0.15, 0.2) is 48.5 Å². The van der Waals surface area contributed by atoms with Crippen molar-refractivity contribution >= 4 is 5.91 Å². The number of aryl methyl sites for hydroxylation is 1. The number of hydrogen-bond donors (Lipinski definition) is 2. The Labute approximate surface area is 137 Å². The first-order chi connectivity index (χ1) is 11.1. The van der Waals surface area contributed by atoms with Gasteiger partial charge in [-0.15, -0.1) is 0 Å². The van der Waals surface area contributed by atoms with Gasteiger partial charge < -0.3 is 15.8 Å². The molecule has 0 aliphatic heterocycles. The molecule has 0 saturated carbocycles. The average molecular weight is 312 g/mol. The van der Waals surface area contributed by atoms with Crippen LogP contribution in [0.1, 0.15) is 28.4 Å². The summed E-state index contributed by atoms with van der Waals surface area (Å²) in [5.74, 6) is 0.844. The summed E-state index contributed by atoms with van der Waals surface area (Å²) in [5.41, 5.74) is 8.46. The Bertz CT molecular complexity index is 655. The molecule has 0 heterocycles. The molecule has 2 rings (SSSR count). The summed E-state index contributed by atoms with van der Waals surface area (Å²) in [5, 5.41) is 2.88. The maximum Gasteiger partial charge on any atom is 0.251 e. The van der Waals surface area contributed by atoms with E-state index in [0.717, 1.165) is 5.56 Å². The van der Waals surface area contributed by atoms with E-state index in [1.165, 1.54) is 5.56 Å². The van der Waals surface area contributed by atoms with Gasteiger partial charge in [0.15, 0.2) is 0 Å². The minimum atomic E-state index is -0.105. The largest absolute Gasteiger partial charge is 0.489 e. The lowest BCUT2D eigenvalue weighted by Gasteiger charge is -2.11. The van der Waals surface area contributed by atoms with Crippen LogP contribution in [0.2, 0.25) is 0 Å². The van der Waals surface area contributed by atoms with E-state index in [-0.39, 0.29) is 11.8 Å². The number of hydrogen-bond acceptors (Lipinski definition) is 3. The van der Waals surface area contributed by atoms with Crippen LogP contribution in [-0.2, 0) is 6.61 Å². The van der Waals surface area contributed by atoms with Crippen LogP contribution in [0, 0.1) is 12.8 Å². The Morgan fingerprint density at radius 3 is 2.74 bits per heavy atom. The normalized spacial score (nSPS) is 11.8. The van der Waals surface area contributed by atoms with Gasteiger partial charge in [0.25, 0.3) is 5.91 Å². The number of benzene rings is 2. The third-order valence-electron chi connectivity index (χ3n) is 3.60. The molecule has 0 aromatic heterocycles. The van der Waals surface area contributed by atoms with Gasteiger partial charge in [-0.1, -0.05) is 42.8 Å². The van der Waals surface area contributed by atoms with Crippen molar-refractivity contribution in [3.8, 4) is 5.75 Å². The number of nitrogens with two attached hydrogens (primary N) is 1. The summed E-state index contributed by atoms with van der Waals surface area (Å²) in [7, 11) is 0. The molecule has 2 aromatic rings. The molecule has 4 heteroatoms. The highest BCUT2D eigenvalue weighted by atomic mass is 16.5. The van der Waals surface area contributed by atoms with E-state index in [0.29, 0.717) is 31.0 Å². The SMILES string of the molecule is Cc1cccc(COc2cccc(C(=O)NCC(C)CN)c2)c1. The smallest absolute Gasteiger partial charge is 0.251 e. The fourth-order valence-electron chi connectivity index (χ4n) is 2.15. The van der Waals surface area contributed by atoms with E-state index in [9.17, 15) is 4.79 Å². The molecule has 0 fully saturated rings. The minimum absolute atomic E-state index is 0.105. The van der Waals surface area contributed by atoms with Crippen LogP contribution in [0.3, 0.4) is 0 Å². The van der Waals surface area contributed by atoms with Crippen LogP contribution in [0.25, 0.3) is 0 Å². The number of nitrogens with one attached hydrogen (secondary N) is 1. The van der Waals surface area contributed by atoms with E-state index < -0.39 is 0 Å². The molecular formula is C19H24N2O2. The van der Waals surface area contributed by atoms with Gasteiger partial charge in [-0.05, 0) is 43.1 Å². The Hall–Kier alpha value is -2.33. The lowest BCUT2D eigenvalue weighted by atomic mass is 10.1. The molecule has 3 N–H and O–H groups in total. The highest BCUT2D eigenvalue weighted by molar-refractivity contribution is 5.94. The first kappa shape index (κ1) is 17.0. The number of ether oxygens (including phenoxy) is 1. The number of rotatable bonds is 7. The van der Waals surface area contributed by atoms with Crippen LogP contribution in [-0.4, -0.2) is 19.0 Å². The molecule has 1 atom stereocenters. The summed E-state index contributed by atoms with van der Waals surface area (Å²) in [6.45, 7) is 5.67. The highest BCUT2D eigenvalue weighted by Gasteiger charge is 2.08. The Kier molecular flexibility index (Phi) is 6.18. The van der Waals surface area contributed by atoms with Crippen molar-refractivity contribution < 1.29 is 9.53 Å². The molecule has 0 spiro atoms. The van der Waals surface area contributed by atoms with Crippen molar-refractivity contribution in [1.29, 1.82) is 0 Å². The van der Waals surface area contributed by atoms with Gasteiger partial charge in [0, 0.05) is 12.1 Å². The topological polar surface area (TPSA) is 64.3 Å². The van der Waals surface area contributed by atoms with Gasteiger partial charge >= 0.3 is 0 Å². The third kappa shape index (κ3) is 5.42. The van der Waals surface area contributed by atoms with Crippen LogP contribution >= 0.6 is 0 Å². The molecule has 4 nitrogen and oxygen atoms in total. The van der Waals surface area contributed by atoms with Crippen LogP contribution < -0.4 is 15.8 Å². The number of carbonyl (C=O) groups is 1. The van der Waals surface area contributed by atoms with Gasteiger partial charge in [0.2, 0.25) is 0 Å². The third-order valence-corrected chi connectivity index (χ3v) is 3.60. The predicted octanol–water partition coefficient (Wildman–Crippen LogP) is 2.90. The van der Waals surface area contributed by atoms with E-state index in [2.05, 4.69) is 24.4 Å². The maximum atomic E-state index is 12.1. The van der Waals surface area contributed by atoms with Crippen molar-refractivity contribution in [2.45, 2.75) is 20.5 Å². The van der Waals surface area contributed by atoms with E-state index in [1.807, 2.05) is 31.2 Å². The second-order valence-corrected chi connectivity index (χ2v) is 5.86. The predicted molar refractivity (Wildman–Crippen MR) is 92.5 cm³/mol. The van der Waals surface area contributed by atoms with Crippen LogP contribution in [0.4, 0.5) is 0 Å². The molecule has 2 aromatic carbocycles. The van der Waals surface area contributed by atoms with Crippen molar-refractivity contribution in [3.05, 3.63) is 65.2 Å². The number of amides is 1. The molecule has 122 valence electrons. The lowest BCUT2D eigenvalue weighted by Crippen LogP contribution is -2.31. The second-order valence-electron chi connectivity index (χ2n) is 5.86. The molecule has 0 saturated heterocycles. The zero-order valence-electron chi connectivity index (χ0n) is 13.7. The molecule has 23 heavy (non-hydrogen) atoms. The fourth-order valence-corrected chi connectivity index (χ4v) is 2.15. The summed E-state index contributed by atoms with van der Waals surface area (Å²) in [6.07, 6.45) is 0. The molecule has 0 radical (unpaired) electrons. The first-order valence-electron chi connectivity index (χ1n) is 7.85. The Balaban J connectivity index is 1.95. The van der Waals surface area contributed by atoms with Gasteiger partial charge in [0.1, 0.15) is 12.4 Å². The molecule has 0 aliphatic rings. The standard InChI is InChI=1S/C19H24N2O2/c1-14-5-3-6-16(9-14)13-23-18-8-4-7-17(10-18)19(22)21-12-15(2)11-20/h3-10,15H,11-13,20H2,1-2H3,(H,21,22). The zero-order chi connectivity index (χ0) is 16.7. The van der Waals surface area contributed by atoms with Gasteiger partial charge in [-0.3, -0.25) is 4.79 Å². The molecular weight excluding hydrogens is 288 g/mol. The summed E-state index contributed by atoms with van der Waals surface area (Å²) in [4.78, 5) is 12.1. The summed E-state index contributed by atoms with van der Waals surface area (Å²) >= 11 is 0. The maximum absolute atomic E-state index is 12.1. The monoisotopic (exact) mass is 312 g/mol. The van der Waals surface area contributed by atoms with E-state index in [1.54, 1.807) is 12.1 Å². The Morgan fingerprint density at radius 1 is 1.22 bits per heavy atom. The molecule has 0 aliphatic carbocycles. The van der Waals surface area contributed by atoms with Gasteiger partial charge in [0.05, 0.1) is 0 Å². The zero-order valence-corrected chi connectivity index (χ0v) is 13.7. The van der Waals surface area contributed by atoms with Crippen molar-refractivity contribution in [1.82, 2.24) is 5.32 Å². The molecule has 0 bridgehead atoms. The van der Waals surface area contributed by atoms with Crippen LogP contribution in [0.5, 0.6) is 5.75 Å². The fraction of sp³-hybridized carbons (Fsp3) is 0.316. The van der Waals surface area contributed by atoms with Crippen molar-refractivity contribution in [2.75, 3.05) is 13.1 Å². The van der Waals surface area contributed by atoms with Crippen molar-refractivity contribution in [2.24, 2.45) is 11.7 Å². The van der Waals surface area contributed by atoms with Gasteiger partial charge in [-0.2, -0.15) is 0 Å². The second kappa shape index (κ2) is 8.34. The van der Waals surface area contributed by atoms with Crippen molar-refractivity contribution in [3.63, 3.8) is 0 Å².